The molecule has 0 spiro atoms. The van der Waals surface area contributed by atoms with Crippen LogP contribution in [-0.2, 0) is 0 Å². The molecular formula is C9H12N4S. The molecule has 74 valence electrons. The van der Waals surface area contributed by atoms with Crippen LogP contribution >= 0.6 is 12.2 Å². The van der Waals surface area contributed by atoms with Crippen LogP contribution in [0, 0.1) is 0 Å². The van der Waals surface area contributed by atoms with E-state index in [1.807, 2.05) is 10.9 Å². The lowest BCUT2D eigenvalue weighted by Crippen LogP contribution is -2.29. The van der Waals surface area contributed by atoms with E-state index in [4.69, 9.17) is 0 Å². The summed E-state index contributed by atoms with van der Waals surface area (Å²) in [6.45, 7) is 2.13. The molecule has 2 rings (SSSR count). The van der Waals surface area contributed by atoms with Crippen molar-refractivity contribution in [1.29, 1.82) is 0 Å². The van der Waals surface area contributed by atoms with Crippen molar-refractivity contribution in [1.82, 2.24) is 15.1 Å². The lowest BCUT2D eigenvalue weighted by Gasteiger charge is -2.22. The van der Waals surface area contributed by atoms with Crippen molar-refractivity contribution in [3.05, 3.63) is 12.4 Å². The van der Waals surface area contributed by atoms with Gasteiger partial charge in [-0.3, -0.25) is 4.68 Å². The van der Waals surface area contributed by atoms with Gasteiger partial charge in [0.25, 0.3) is 0 Å². The molecule has 14 heavy (non-hydrogen) atoms. The molecule has 1 aromatic heterocycles. The van der Waals surface area contributed by atoms with Crippen LogP contribution in [0.3, 0.4) is 0 Å². The number of hydrogen-bond acceptors (Lipinski definition) is 4. The van der Waals surface area contributed by atoms with E-state index in [-0.39, 0.29) is 0 Å². The topological polar surface area (TPSA) is 42.2 Å². The van der Waals surface area contributed by atoms with E-state index >= 15 is 0 Å². The van der Waals surface area contributed by atoms with E-state index in [0.29, 0.717) is 6.04 Å². The summed E-state index contributed by atoms with van der Waals surface area (Å²) in [5, 5.41) is 9.93. The highest BCUT2D eigenvalue weighted by Crippen LogP contribution is 2.20. The van der Waals surface area contributed by atoms with Crippen LogP contribution in [0.25, 0.3) is 0 Å². The molecule has 0 aliphatic carbocycles. The molecule has 0 saturated carbocycles. The lowest BCUT2D eigenvalue weighted by molar-refractivity contribution is 0.343. The quantitative estimate of drug-likeness (QED) is 0.592. The highest BCUT2D eigenvalue weighted by molar-refractivity contribution is 7.78. The molecule has 2 heterocycles. The summed E-state index contributed by atoms with van der Waals surface area (Å²) < 4.78 is 1.98. The van der Waals surface area contributed by atoms with Crippen molar-refractivity contribution in [2.75, 3.05) is 13.1 Å². The number of piperidine rings is 1. The average molecular weight is 208 g/mol. The SMILES string of the molecule is S=C=Nc1cnn(C2CCNCC2)c1. The Labute approximate surface area is 88.0 Å². The maximum atomic E-state index is 4.54. The average Bonchev–Trinajstić information content (AvgIpc) is 2.68. The van der Waals surface area contributed by atoms with Crippen molar-refractivity contribution in [2.24, 2.45) is 4.99 Å². The Bertz CT molecular complexity index is 347. The molecule has 0 bridgehead atoms. The summed E-state index contributed by atoms with van der Waals surface area (Å²) in [7, 11) is 0. The van der Waals surface area contributed by atoms with E-state index in [1.165, 1.54) is 0 Å². The Hall–Kier alpha value is -1.03. The zero-order valence-corrected chi connectivity index (χ0v) is 8.63. The summed E-state index contributed by atoms with van der Waals surface area (Å²) in [5.41, 5.74) is 0.790. The molecule has 1 saturated heterocycles. The molecule has 4 nitrogen and oxygen atoms in total. The number of hydrogen-bond donors (Lipinski definition) is 1. The molecule has 0 unspecified atom stereocenters. The fraction of sp³-hybridized carbons (Fsp3) is 0.556. The zero-order chi connectivity index (χ0) is 9.80. The Morgan fingerprint density at radius 1 is 1.57 bits per heavy atom. The van der Waals surface area contributed by atoms with Crippen molar-refractivity contribution >= 4 is 23.1 Å². The Morgan fingerprint density at radius 3 is 3.07 bits per heavy atom. The maximum Gasteiger partial charge on any atom is 0.112 e. The third-order valence-electron chi connectivity index (χ3n) is 2.45. The van der Waals surface area contributed by atoms with E-state index < -0.39 is 0 Å². The number of isothiocyanates is 1. The Kier molecular flexibility index (Phi) is 3.03. The highest BCUT2D eigenvalue weighted by Gasteiger charge is 2.15. The molecule has 1 aliphatic heterocycles. The first-order valence-electron chi connectivity index (χ1n) is 4.73. The molecule has 0 radical (unpaired) electrons. The normalized spacial score (nSPS) is 17.7. The molecule has 0 aromatic carbocycles. The highest BCUT2D eigenvalue weighted by atomic mass is 32.1. The van der Waals surface area contributed by atoms with Crippen molar-refractivity contribution in [2.45, 2.75) is 18.9 Å². The molecule has 0 amide bonds. The first-order valence-corrected chi connectivity index (χ1v) is 5.14. The summed E-state index contributed by atoms with van der Waals surface area (Å²) in [6, 6.07) is 0.505. The summed E-state index contributed by atoms with van der Waals surface area (Å²) in [4.78, 5) is 3.89. The van der Waals surface area contributed by atoms with Crippen LogP contribution in [0.2, 0.25) is 0 Å². The fourth-order valence-corrected chi connectivity index (χ4v) is 1.81. The number of aliphatic imine (C=N–C) groups is 1. The minimum absolute atomic E-state index is 0.505. The van der Waals surface area contributed by atoms with Gasteiger partial charge in [0.2, 0.25) is 0 Å². The minimum atomic E-state index is 0.505. The van der Waals surface area contributed by atoms with Crippen LogP contribution < -0.4 is 5.32 Å². The van der Waals surface area contributed by atoms with Gasteiger partial charge in [0.1, 0.15) is 5.69 Å². The monoisotopic (exact) mass is 208 g/mol. The van der Waals surface area contributed by atoms with Gasteiger partial charge in [-0.05, 0) is 38.1 Å². The third-order valence-corrected chi connectivity index (χ3v) is 2.54. The van der Waals surface area contributed by atoms with Crippen LogP contribution in [0.4, 0.5) is 5.69 Å². The lowest BCUT2D eigenvalue weighted by atomic mass is 10.1. The molecular weight excluding hydrogens is 196 g/mol. The second kappa shape index (κ2) is 4.46. The van der Waals surface area contributed by atoms with Crippen molar-refractivity contribution < 1.29 is 0 Å². The van der Waals surface area contributed by atoms with E-state index in [9.17, 15) is 0 Å². The van der Waals surface area contributed by atoms with Crippen LogP contribution in [0.15, 0.2) is 17.4 Å². The number of aromatic nitrogens is 2. The largest absolute Gasteiger partial charge is 0.317 e. The van der Waals surface area contributed by atoms with Gasteiger partial charge in [0.15, 0.2) is 0 Å². The van der Waals surface area contributed by atoms with Crippen molar-refractivity contribution in [3.8, 4) is 0 Å². The van der Waals surface area contributed by atoms with Gasteiger partial charge in [-0.15, -0.1) is 0 Å². The smallest absolute Gasteiger partial charge is 0.112 e. The standard InChI is InChI=1S/C9H12N4S/c14-7-11-8-5-12-13(6-8)9-1-3-10-4-2-9/h5-6,9-10H,1-4H2. The predicted octanol–water partition coefficient (Wildman–Crippen LogP) is 1.54. The number of rotatable bonds is 2. The van der Waals surface area contributed by atoms with Gasteiger partial charge in [-0.1, -0.05) is 0 Å². The molecule has 1 aromatic rings. The molecule has 0 atom stereocenters. The number of nitrogens with zero attached hydrogens (tertiary/aromatic N) is 3. The van der Waals surface area contributed by atoms with Gasteiger partial charge >= 0.3 is 0 Å². The molecule has 1 fully saturated rings. The Balaban J connectivity index is 2.10. The van der Waals surface area contributed by atoms with E-state index in [2.05, 4.69) is 32.8 Å². The summed E-state index contributed by atoms with van der Waals surface area (Å²) in [6.07, 6.45) is 5.90. The van der Waals surface area contributed by atoms with Crippen LogP contribution in [0.5, 0.6) is 0 Å². The first-order chi connectivity index (χ1) is 6.90. The Morgan fingerprint density at radius 2 is 2.36 bits per heavy atom. The second-order valence-electron chi connectivity index (χ2n) is 3.36. The molecule has 5 heteroatoms. The molecule has 1 N–H and O–H groups in total. The van der Waals surface area contributed by atoms with E-state index in [0.717, 1.165) is 31.6 Å². The van der Waals surface area contributed by atoms with Gasteiger partial charge in [0, 0.05) is 0 Å². The minimum Gasteiger partial charge on any atom is -0.317 e. The first kappa shape index (κ1) is 9.52. The number of thiocarbonyl (C=S) groups is 1. The third kappa shape index (κ3) is 2.07. The second-order valence-corrected chi connectivity index (χ2v) is 3.55. The van der Waals surface area contributed by atoms with Crippen LogP contribution in [-0.4, -0.2) is 28.0 Å². The summed E-state index contributed by atoms with van der Waals surface area (Å²) in [5.74, 6) is 0. The van der Waals surface area contributed by atoms with Gasteiger partial charge in [-0.2, -0.15) is 10.1 Å². The van der Waals surface area contributed by atoms with Gasteiger partial charge in [-0.25, -0.2) is 0 Å². The van der Waals surface area contributed by atoms with Gasteiger partial charge < -0.3 is 5.32 Å². The fourth-order valence-electron chi connectivity index (χ4n) is 1.71. The maximum absolute atomic E-state index is 4.54. The van der Waals surface area contributed by atoms with Crippen LogP contribution in [0.1, 0.15) is 18.9 Å². The predicted molar refractivity (Wildman–Crippen MR) is 58.1 cm³/mol. The number of nitrogens with one attached hydrogen (secondary N) is 1. The van der Waals surface area contributed by atoms with Crippen molar-refractivity contribution in [3.63, 3.8) is 0 Å². The summed E-state index contributed by atoms with van der Waals surface area (Å²) >= 11 is 4.54. The van der Waals surface area contributed by atoms with E-state index in [1.54, 1.807) is 6.20 Å². The van der Waals surface area contributed by atoms with Gasteiger partial charge in [0.05, 0.1) is 23.6 Å². The zero-order valence-electron chi connectivity index (χ0n) is 7.81. The molecule has 1 aliphatic rings.